The molecule has 0 bridgehead atoms. The third-order valence-corrected chi connectivity index (χ3v) is 5.87. The summed E-state index contributed by atoms with van der Waals surface area (Å²) in [6.45, 7) is 6.87. The van der Waals surface area contributed by atoms with Gasteiger partial charge >= 0.3 is 5.97 Å². The Kier molecular flexibility index (Phi) is 7.67. The van der Waals surface area contributed by atoms with Gasteiger partial charge in [0.05, 0.1) is 5.56 Å². The summed E-state index contributed by atoms with van der Waals surface area (Å²) in [5.41, 5.74) is 1.25. The van der Waals surface area contributed by atoms with E-state index in [0.717, 1.165) is 37.2 Å². The molecule has 1 fully saturated rings. The number of rotatable bonds is 8. The number of anilines is 1. The number of aliphatic carboxylic acids is 1. The molecule has 1 aliphatic heterocycles. The standard InChI is InChI=1S/C25H31ClN2O4/c1-17(15-18-7-10-20(11-8-18)32-25(2,3)24(30)31)27-23(29)21-16-19(26)9-12-22(21)28-13-5-4-6-14-28/h7-12,16-17H,4-6,13-15H2,1-3H3,(H,27,29)(H,30,31)/t17-/m0/s1. The van der Waals surface area contributed by atoms with Crippen molar-refractivity contribution in [3.63, 3.8) is 0 Å². The predicted molar refractivity (Wildman–Crippen MR) is 127 cm³/mol. The number of hydrogen-bond donors (Lipinski definition) is 2. The Bertz CT molecular complexity index is 953. The van der Waals surface area contributed by atoms with Crippen molar-refractivity contribution in [2.24, 2.45) is 0 Å². The second kappa shape index (κ2) is 10.3. The molecule has 0 unspecified atom stereocenters. The molecule has 172 valence electrons. The number of hydrogen-bond acceptors (Lipinski definition) is 4. The summed E-state index contributed by atoms with van der Waals surface area (Å²) in [7, 11) is 0. The van der Waals surface area contributed by atoms with Crippen molar-refractivity contribution in [1.29, 1.82) is 0 Å². The van der Waals surface area contributed by atoms with Gasteiger partial charge in [-0.2, -0.15) is 0 Å². The molecule has 1 saturated heterocycles. The Morgan fingerprint density at radius 3 is 2.41 bits per heavy atom. The molecular formula is C25H31ClN2O4. The van der Waals surface area contributed by atoms with E-state index < -0.39 is 11.6 Å². The summed E-state index contributed by atoms with van der Waals surface area (Å²) in [5.74, 6) is -0.672. The molecule has 2 aromatic carbocycles. The molecule has 2 aromatic rings. The van der Waals surface area contributed by atoms with Crippen LogP contribution < -0.4 is 15.0 Å². The highest BCUT2D eigenvalue weighted by atomic mass is 35.5. The lowest BCUT2D eigenvalue weighted by Crippen LogP contribution is -2.37. The largest absolute Gasteiger partial charge is 0.478 e. The first kappa shape index (κ1) is 23.9. The van der Waals surface area contributed by atoms with E-state index in [-0.39, 0.29) is 11.9 Å². The van der Waals surface area contributed by atoms with Crippen LogP contribution in [0.5, 0.6) is 5.75 Å². The Morgan fingerprint density at radius 1 is 1.12 bits per heavy atom. The highest BCUT2D eigenvalue weighted by Crippen LogP contribution is 2.27. The predicted octanol–water partition coefficient (Wildman–Crippen LogP) is 4.93. The molecule has 0 aromatic heterocycles. The number of ether oxygens (including phenoxy) is 1. The average Bonchev–Trinajstić information content (AvgIpc) is 2.75. The maximum atomic E-state index is 13.1. The number of carbonyl (C=O) groups is 2. The molecule has 3 rings (SSSR count). The number of benzene rings is 2. The molecule has 1 amide bonds. The molecule has 2 N–H and O–H groups in total. The smallest absolute Gasteiger partial charge is 0.347 e. The van der Waals surface area contributed by atoms with Crippen LogP contribution in [-0.4, -0.2) is 41.7 Å². The summed E-state index contributed by atoms with van der Waals surface area (Å²) >= 11 is 6.20. The van der Waals surface area contributed by atoms with E-state index in [2.05, 4.69) is 10.2 Å². The van der Waals surface area contributed by atoms with Gasteiger partial charge in [0.15, 0.2) is 5.60 Å². The van der Waals surface area contributed by atoms with E-state index >= 15 is 0 Å². The van der Waals surface area contributed by atoms with Gasteiger partial charge in [-0.3, -0.25) is 4.79 Å². The maximum absolute atomic E-state index is 13.1. The molecule has 0 aliphatic carbocycles. The molecule has 6 nitrogen and oxygen atoms in total. The third-order valence-electron chi connectivity index (χ3n) is 5.63. The fraction of sp³-hybridized carbons (Fsp3) is 0.440. The summed E-state index contributed by atoms with van der Waals surface area (Å²) in [6, 6.07) is 12.7. The van der Waals surface area contributed by atoms with Crippen molar-refractivity contribution >= 4 is 29.2 Å². The normalized spacial score (nSPS) is 15.2. The molecule has 0 spiro atoms. The highest BCUT2D eigenvalue weighted by Gasteiger charge is 2.29. The number of amides is 1. The third kappa shape index (κ3) is 6.16. The van der Waals surface area contributed by atoms with E-state index in [9.17, 15) is 14.7 Å². The number of nitrogens with zero attached hydrogens (tertiary/aromatic N) is 1. The fourth-order valence-corrected chi connectivity index (χ4v) is 4.01. The van der Waals surface area contributed by atoms with E-state index in [1.54, 1.807) is 18.2 Å². The van der Waals surface area contributed by atoms with E-state index in [1.807, 2.05) is 31.2 Å². The zero-order valence-corrected chi connectivity index (χ0v) is 19.6. The molecule has 7 heteroatoms. The highest BCUT2D eigenvalue weighted by molar-refractivity contribution is 6.31. The van der Waals surface area contributed by atoms with Gasteiger partial charge in [-0.1, -0.05) is 23.7 Å². The van der Waals surface area contributed by atoms with E-state index in [0.29, 0.717) is 22.8 Å². The van der Waals surface area contributed by atoms with Gasteiger partial charge in [-0.15, -0.1) is 0 Å². The van der Waals surface area contributed by atoms with Gasteiger partial charge in [0.25, 0.3) is 5.91 Å². The topological polar surface area (TPSA) is 78.9 Å². The van der Waals surface area contributed by atoms with Crippen LogP contribution >= 0.6 is 11.6 Å². The second-order valence-corrected chi connectivity index (χ2v) is 9.29. The van der Waals surface area contributed by atoms with Gasteiger partial charge < -0.3 is 20.1 Å². The van der Waals surface area contributed by atoms with Gasteiger partial charge in [-0.05, 0) is 82.3 Å². The van der Waals surface area contributed by atoms with Crippen LogP contribution in [0.2, 0.25) is 5.02 Å². The first-order valence-electron chi connectivity index (χ1n) is 11.0. The van der Waals surface area contributed by atoms with Crippen LogP contribution in [0.25, 0.3) is 0 Å². The number of carboxylic acid groups (broad SMARTS) is 1. The Labute approximate surface area is 194 Å². The zero-order chi connectivity index (χ0) is 23.3. The molecule has 1 atom stereocenters. The van der Waals surface area contributed by atoms with Crippen molar-refractivity contribution in [2.45, 2.75) is 58.1 Å². The molecule has 1 aliphatic rings. The van der Waals surface area contributed by atoms with Crippen molar-refractivity contribution in [3.05, 3.63) is 58.6 Å². The van der Waals surface area contributed by atoms with Crippen molar-refractivity contribution in [2.75, 3.05) is 18.0 Å². The number of nitrogens with one attached hydrogen (secondary N) is 1. The van der Waals surface area contributed by atoms with E-state index in [4.69, 9.17) is 16.3 Å². The number of piperidine rings is 1. The van der Waals surface area contributed by atoms with E-state index in [1.165, 1.54) is 20.3 Å². The van der Waals surface area contributed by atoms with Crippen molar-refractivity contribution < 1.29 is 19.4 Å². The van der Waals surface area contributed by atoms with Gasteiger partial charge in [0.2, 0.25) is 0 Å². The lowest BCUT2D eigenvalue weighted by molar-refractivity contribution is -0.152. The minimum absolute atomic E-state index is 0.0992. The molecule has 32 heavy (non-hydrogen) atoms. The second-order valence-electron chi connectivity index (χ2n) is 8.85. The Balaban J connectivity index is 1.64. The average molecular weight is 459 g/mol. The zero-order valence-electron chi connectivity index (χ0n) is 18.9. The molecule has 0 saturated carbocycles. The SMILES string of the molecule is C[C@@H](Cc1ccc(OC(C)(C)C(=O)O)cc1)NC(=O)c1cc(Cl)ccc1N1CCCCC1. The van der Waals surface area contributed by atoms with Crippen molar-refractivity contribution in [3.8, 4) is 5.75 Å². The number of halogens is 1. The van der Waals surface area contributed by atoms with Crippen LogP contribution in [0.3, 0.4) is 0 Å². The van der Waals surface area contributed by atoms with Crippen LogP contribution in [0.15, 0.2) is 42.5 Å². The number of carbonyl (C=O) groups excluding carboxylic acids is 1. The van der Waals surface area contributed by atoms with Gasteiger partial charge in [0.1, 0.15) is 5.75 Å². The summed E-state index contributed by atoms with van der Waals surface area (Å²) in [6.07, 6.45) is 4.11. The quantitative estimate of drug-likeness (QED) is 0.586. The summed E-state index contributed by atoms with van der Waals surface area (Å²) < 4.78 is 5.54. The molecular weight excluding hydrogens is 428 g/mol. The van der Waals surface area contributed by atoms with Gasteiger partial charge in [0, 0.05) is 29.8 Å². The van der Waals surface area contributed by atoms with Crippen molar-refractivity contribution in [1.82, 2.24) is 5.32 Å². The summed E-state index contributed by atoms with van der Waals surface area (Å²) in [4.78, 5) is 26.6. The van der Waals surface area contributed by atoms with Crippen LogP contribution in [-0.2, 0) is 11.2 Å². The number of carboxylic acids is 1. The first-order valence-corrected chi connectivity index (χ1v) is 11.4. The van der Waals surface area contributed by atoms with Crippen LogP contribution in [0.4, 0.5) is 5.69 Å². The maximum Gasteiger partial charge on any atom is 0.347 e. The summed E-state index contributed by atoms with van der Waals surface area (Å²) in [5, 5.41) is 12.8. The lowest BCUT2D eigenvalue weighted by atomic mass is 10.0. The monoisotopic (exact) mass is 458 g/mol. The lowest BCUT2D eigenvalue weighted by Gasteiger charge is -2.30. The molecule has 0 radical (unpaired) electrons. The molecule has 1 heterocycles. The first-order chi connectivity index (χ1) is 15.2. The Hall–Kier alpha value is -2.73. The van der Waals surface area contributed by atoms with Crippen LogP contribution in [0.1, 0.15) is 56.0 Å². The fourth-order valence-electron chi connectivity index (χ4n) is 3.84. The minimum Gasteiger partial charge on any atom is -0.478 e. The van der Waals surface area contributed by atoms with Crippen LogP contribution in [0, 0.1) is 0 Å². The van der Waals surface area contributed by atoms with Gasteiger partial charge in [-0.25, -0.2) is 4.79 Å². The Morgan fingerprint density at radius 2 is 1.78 bits per heavy atom. The minimum atomic E-state index is -1.30.